The zero-order valence-corrected chi connectivity index (χ0v) is 14.3. The van der Waals surface area contributed by atoms with Gasteiger partial charge in [-0.15, -0.1) is 0 Å². The minimum atomic E-state index is 0.188. The van der Waals surface area contributed by atoms with Crippen LogP contribution in [-0.2, 0) is 0 Å². The van der Waals surface area contributed by atoms with Gasteiger partial charge in [-0.05, 0) is 46.3 Å². The standard InChI is InChI=1S/C17H37N3/c1-5-6-7-8-9-11-17(2,15-18)20(4)14-16-10-12-19(3)13-16/h16H,5-15,18H2,1-4H3. The van der Waals surface area contributed by atoms with Crippen molar-refractivity contribution in [3.8, 4) is 0 Å². The molecule has 0 aromatic carbocycles. The summed E-state index contributed by atoms with van der Waals surface area (Å²) < 4.78 is 0. The van der Waals surface area contributed by atoms with E-state index in [-0.39, 0.29) is 5.54 Å². The number of rotatable bonds is 10. The first-order valence-corrected chi connectivity index (χ1v) is 8.61. The third-order valence-electron chi connectivity index (χ3n) is 5.20. The lowest BCUT2D eigenvalue weighted by Gasteiger charge is -2.39. The molecule has 0 aromatic heterocycles. The van der Waals surface area contributed by atoms with E-state index < -0.39 is 0 Å². The lowest BCUT2D eigenvalue weighted by molar-refractivity contribution is 0.111. The Morgan fingerprint density at radius 3 is 2.50 bits per heavy atom. The van der Waals surface area contributed by atoms with Crippen LogP contribution in [0.15, 0.2) is 0 Å². The third-order valence-corrected chi connectivity index (χ3v) is 5.20. The summed E-state index contributed by atoms with van der Waals surface area (Å²) in [6, 6.07) is 0. The molecule has 120 valence electrons. The second-order valence-corrected chi connectivity index (χ2v) is 7.16. The van der Waals surface area contributed by atoms with Gasteiger partial charge in [0.15, 0.2) is 0 Å². The predicted molar refractivity (Wildman–Crippen MR) is 89.1 cm³/mol. The highest BCUT2D eigenvalue weighted by atomic mass is 15.2. The van der Waals surface area contributed by atoms with Crippen LogP contribution in [0.3, 0.4) is 0 Å². The molecule has 0 radical (unpaired) electrons. The topological polar surface area (TPSA) is 32.5 Å². The maximum atomic E-state index is 6.10. The molecule has 1 fully saturated rings. The summed E-state index contributed by atoms with van der Waals surface area (Å²) in [4.78, 5) is 4.99. The number of likely N-dealkylation sites (tertiary alicyclic amines) is 1. The van der Waals surface area contributed by atoms with E-state index >= 15 is 0 Å². The Bertz CT molecular complexity index is 257. The van der Waals surface area contributed by atoms with E-state index in [9.17, 15) is 0 Å². The van der Waals surface area contributed by atoms with Crippen LogP contribution < -0.4 is 5.73 Å². The minimum Gasteiger partial charge on any atom is -0.329 e. The van der Waals surface area contributed by atoms with Crippen molar-refractivity contribution < 1.29 is 0 Å². The molecule has 20 heavy (non-hydrogen) atoms. The molecule has 2 atom stereocenters. The average molecular weight is 284 g/mol. The summed E-state index contributed by atoms with van der Waals surface area (Å²) >= 11 is 0. The number of unbranched alkanes of at least 4 members (excludes halogenated alkanes) is 4. The summed E-state index contributed by atoms with van der Waals surface area (Å²) in [6.45, 7) is 9.12. The van der Waals surface area contributed by atoms with Gasteiger partial charge in [-0.2, -0.15) is 0 Å². The molecule has 0 bridgehead atoms. The number of hydrogen-bond donors (Lipinski definition) is 1. The summed E-state index contributed by atoms with van der Waals surface area (Å²) in [5.74, 6) is 0.830. The van der Waals surface area contributed by atoms with Gasteiger partial charge >= 0.3 is 0 Å². The maximum absolute atomic E-state index is 6.10. The fourth-order valence-corrected chi connectivity index (χ4v) is 3.34. The highest BCUT2D eigenvalue weighted by Gasteiger charge is 2.30. The molecule has 0 aromatic rings. The molecule has 0 amide bonds. The highest BCUT2D eigenvalue weighted by molar-refractivity contribution is 4.88. The second kappa shape index (κ2) is 9.01. The van der Waals surface area contributed by atoms with Crippen LogP contribution in [0, 0.1) is 5.92 Å². The van der Waals surface area contributed by atoms with E-state index in [1.54, 1.807) is 0 Å². The Morgan fingerprint density at radius 1 is 1.25 bits per heavy atom. The average Bonchev–Trinajstić information content (AvgIpc) is 2.83. The van der Waals surface area contributed by atoms with Crippen molar-refractivity contribution in [2.24, 2.45) is 11.7 Å². The Kier molecular flexibility index (Phi) is 8.08. The molecule has 0 spiro atoms. The zero-order valence-electron chi connectivity index (χ0n) is 14.3. The first kappa shape index (κ1) is 17.9. The van der Waals surface area contributed by atoms with Crippen molar-refractivity contribution in [2.45, 2.75) is 64.3 Å². The first-order chi connectivity index (χ1) is 9.51. The molecule has 1 heterocycles. The van der Waals surface area contributed by atoms with Gasteiger partial charge in [-0.1, -0.05) is 39.0 Å². The Hall–Kier alpha value is -0.120. The van der Waals surface area contributed by atoms with Crippen LogP contribution in [0.4, 0.5) is 0 Å². The zero-order chi connectivity index (χ0) is 15.0. The van der Waals surface area contributed by atoms with Crippen LogP contribution in [0.2, 0.25) is 0 Å². The van der Waals surface area contributed by atoms with E-state index in [1.807, 2.05) is 0 Å². The minimum absolute atomic E-state index is 0.188. The predicted octanol–water partition coefficient (Wildman–Crippen LogP) is 2.95. The van der Waals surface area contributed by atoms with Crippen molar-refractivity contribution >= 4 is 0 Å². The molecule has 0 saturated carbocycles. The van der Waals surface area contributed by atoms with E-state index in [1.165, 1.54) is 64.6 Å². The van der Waals surface area contributed by atoms with Gasteiger partial charge in [-0.25, -0.2) is 0 Å². The SMILES string of the molecule is CCCCCCCC(C)(CN)N(C)CC1CCN(C)C1. The van der Waals surface area contributed by atoms with E-state index in [2.05, 4.69) is 37.7 Å². The number of hydrogen-bond acceptors (Lipinski definition) is 3. The van der Waals surface area contributed by atoms with Gasteiger partial charge in [-0.3, -0.25) is 4.90 Å². The van der Waals surface area contributed by atoms with Crippen LogP contribution in [0.25, 0.3) is 0 Å². The van der Waals surface area contributed by atoms with E-state index in [0.29, 0.717) is 0 Å². The monoisotopic (exact) mass is 283 g/mol. The van der Waals surface area contributed by atoms with Crippen LogP contribution >= 0.6 is 0 Å². The highest BCUT2D eigenvalue weighted by Crippen LogP contribution is 2.24. The quantitative estimate of drug-likeness (QED) is 0.626. The Morgan fingerprint density at radius 2 is 1.95 bits per heavy atom. The molecule has 3 heteroatoms. The summed E-state index contributed by atoms with van der Waals surface area (Å²) in [5, 5.41) is 0. The molecule has 2 N–H and O–H groups in total. The Labute approximate surface area is 126 Å². The van der Waals surface area contributed by atoms with Crippen LogP contribution in [-0.4, -0.2) is 55.6 Å². The number of nitrogens with zero attached hydrogens (tertiary/aromatic N) is 2. The lowest BCUT2D eigenvalue weighted by Crippen LogP contribution is -2.51. The third kappa shape index (κ3) is 5.71. The summed E-state index contributed by atoms with van der Waals surface area (Å²) in [7, 11) is 4.51. The van der Waals surface area contributed by atoms with Gasteiger partial charge in [0.25, 0.3) is 0 Å². The van der Waals surface area contributed by atoms with Gasteiger partial charge < -0.3 is 10.6 Å². The fourth-order valence-electron chi connectivity index (χ4n) is 3.34. The normalized spacial score (nSPS) is 23.4. The van der Waals surface area contributed by atoms with Crippen molar-refractivity contribution in [3.05, 3.63) is 0 Å². The molecular weight excluding hydrogens is 246 g/mol. The van der Waals surface area contributed by atoms with Crippen molar-refractivity contribution in [1.29, 1.82) is 0 Å². The second-order valence-electron chi connectivity index (χ2n) is 7.16. The van der Waals surface area contributed by atoms with Crippen LogP contribution in [0.1, 0.15) is 58.8 Å². The first-order valence-electron chi connectivity index (χ1n) is 8.61. The maximum Gasteiger partial charge on any atom is 0.0300 e. The molecule has 1 aliphatic rings. The fraction of sp³-hybridized carbons (Fsp3) is 1.00. The molecular formula is C17H37N3. The molecule has 0 aliphatic carbocycles. The van der Waals surface area contributed by atoms with E-state index in [0.717, 1.165) is 12.5 Å². The number of likely N-dealkylation sites (N-methyl/N-ethyl adjacent to an activating group) is 1. The smallest absolute Gasteiger partial charge is 0.0300 e. The van der Waals surface area contributed by atoms with Gasteiger partial charge in [0, 0.05) is 25.2 Å². The molecule has 1 rings (SSSR count). The van der Waals surface area contributed by atoms with E-state index in [4.69, 9.17) is 5.73 Å². The molecule has 1 aliphatic heterocycles. The summed E-state index contributed by atoms with van der Waals surface area (Å²) in [5.41, 5.74) is 6.29. The van der Waals surface area contributed by atoms with Crippen molar-refractivity contribution in [3.63, 3.8) is 0 Å². The van der Waals surface area contributed by atoms with Gasteiger partial charge in [0.1, 0.15) is 0 Å². The molecule has 3 nitrogen and oxygen atoms in total. The lowest BCUT2D eigenvalue weighted by atomic mass is 9.91. The molecule has 1 saturated heterocycles. The largest absolute Gasteiger partial charge is 0.329 e. The Balaban J connectivity index is 2.33. The molecule has 2 unspecified atom stereocenters. The van der Waals surface area contributed by atoms with Crippen molar-refractivity contribution in [1.82, 2.24) is 9.80 Å². The van der Waals surface area contributed by atoms with Gasteiger partial charge in [0.05, 0.1) is 0 Å². The van der Waals surface area contributed by atoms with Crippen molar-refractivity contribution in [2.75, 3.05) is 40.3 Å². The van der Waals surface area contributed by atoms with Gasteiger partial charge in [0.2, 0.25) is 0 Å². The summed E-state index contributed by atoms with van der Waals surface area (Å²) in [6.07, 6.45) is 9.36. The van der Waals surface area contributed by atoms with Crippen LogP contribution in [0.5, 0.6) is 0 Å². The number of nitrogens with two attached hydrogens (primary N) is 1.